The minimum absolute atomic E-state index is 0.158. The summed E-state index contributed by atoms with van der Waals surface area (Å²) in [4.78, 5) is 18.1. The number of carbonyl (C=O) groups is 1. The topological polar surface area (TPSA) is 54.0 Å². The van der Waals surface area contributed by atoms with E-state index < -0.39 is 0 Å². The third kappa shape index (κ3) is 3.37. The number of hydrogen-bond donors (Lipinski definition) is 2. The molecule has 1 aromatic heterocycles. The molecule has 2 N–H and O–H groups in total. The molecule has 128 valence electrons. The van der Waals surface area contributed by atoms with E-state index >= 15 is 0 Å². The Balaban J connectivity index is 1.49. The summed E-state index contributed by atoms with van der Waals surface area (Å²) in [5.74, 6) is -0.158. The van der Waals surface area contributed by atoms with Crippen molar-refractivity contribution in [2.45, 2.75) is 30.6 Å². The van der Waals surface area contributed by atoms with Crippen molar-refractivity contribution in [2.24, 2.45) is 0 Å². The van der Waals surface area contributed by atoms with E-state index in [2.05, 4.69) is 23.0 Å². The van der Waals surface area contributed by atoms with Crippen LogP contribution in [0.1, 0.15) is 34.3 Å². The predicted octanol–water partition coefficient (Wildman–Crippen LogP) is 4.65. The minimum atomic E-state index is -0.158. The molecule has 0 aliphatic heterocycles. The molecule has 1 amide bonds. The molecule has 1 aliphatic carbocycles. The molecule has 0 radical (unpaired) electrons. The lowest BCUT2D eigenvalue weighted by molar-refractivity contribution is 0.0962. The Morgan fingerprint density at radius 2 is 1.92 bits per heavy atom. The van der Waals surface area contributed by atoms with Crippen molar-refractivity contribution in [3.63, 3.8) is 0 Å². The molecule has 3 aromatic rings. The number of aryl methyl sites for hydroxylation is 2. The Labute approximate surface area is 155 Å². The van der Waals surface area contributed by atoms with Gasteiger partial charge in [-0.25, -0.2) is 4.98 Å². The zero-order valence-corrected chi connectivity index (χ0v) is 15.6. The molecule has 4 rings (SSSR count). The third-order valence-corrected chi connectivity index (χ3v) is 6.20. The van der Waals surface area contributed by atoms with E-state index in [0.29, 0.717) is 5.56 Å². The highest BCUT2D eigenvalue weighted by molar-refractivity contribution is 7.98. The summed E-state index contributed by atoms with van der Waals surface area (Å²) in [5, 5.41) is 0.725. The molecule has 0 saturated carbocycles. The van der Waals surface area contributed by atoms with Crippen molar-refractivity contribution in [2.75, 3.05) is 11.7 Å². The second-order valence-corrected chi connectivity index (χ2v) is 7.99. The van der Waals surface area contributed by atoms with Crippen LogP contribution >= 0.6 is 23.1 Å². The van der Waals surface area contributed by atoms with Gasteiger partial charge in [0.1, 0.15) is 0 Å². The van der Waals surface area contributed by atoms with Crippen LogP contribution in [0.4, 0.5) is 5.13 Å². The first kappa shape index (κ1) is 16.4. The van der Waals surface area contributed by atoms with Gasteiger partial charge in [0, 0.05) is 10.5 Å². The van der Waals surface area contributed by atoms with E-state index in [1.807, 2.05) is 30.5 Å². The van der Waals surface area contributed by atoms with Gasteiger partial charge >= 0.3 is 0 Å². The van der Waals surface area contributed by atoms with Crippen molar-refractivity contribution in [1.82, 2.24) is 10.4 Å². The number of hydrazine groups is 1. The number of nitrogens with zero attached hydrogens (tertiary/aromatic N) is 1. The number of thioether (sulfide) groups is 1. The molecule has 1 heterocycles. The summed E-state index contributed by atoms with van der Waals surface area (Å²) in [6.07, 6.45) is 6.76. The largest absolute Gasteiger partial charge is 0.273 e. The Bertz CT molecular complexity index is 918. The van der Waals surface area contributed by atoms with Crippen LogP contribution in [0.25, 0.3) is 10.2 Å². The van der Waals surface area contributed by atoms with Gasteiger partial charge in [0.25, 0.3) is 5.91 Å². The van der Waals surface area contributed by atoms with Crippen molar-refractivity contribution in [3.05, 3.63) is 53.1 Å². The molecule has 0 atom stereocenters. The number of aromatic nitrogens is 1. The zero-order valence-electron chi connectivity index (χ0n) is 14.0. The third-order valence-electron chi connectivity index (χ3n) is 4.52. The minimum Gasteiger partial charge on any atom is -0.273 e. The fourth-order valence-corrected chi connectivity index (χ4v) is 4.46. The normalized spacial score (nSPS) is 13.5. The van der Waals surface area contributed by atoms with Gasteiger partial charge in [0.05, 0.1) is 10.2 Å². The summed E-state index contributed by atoms with van der Waals surface area (Å²) in [7, 11) is 0. The average Bonchev–Trinajstić information content (AvgIpc) is 3.10. The van der Waals surface area contributed by atoms with Gasteiger partial charge in [-0.1, -0.05) is 17.4 Å². The highest BCUT2D eigenvalue weighted by Gasteiger charge is 2.16. The van der Waals surface area contributed by atoms with Gasteiger partial charge in [-0.3, -0.25) is 15.6 Å². The number of amides is 1. The predicted molar refractivity (Wildman–Crippen MR) is 106 cm³/mol. The van der Waals surface area contributed by atoms with Crippen molar-refractivity contribution in [1.29, 1.82) is 0 Å². The van der Waals surface area contributed by atoms with Crippen LogP contribution in [-0.4, -0.2) is 17.1 Å². The molecule has 1 aliphatic rings. The van der Waals surface area contributed by atoms with E-state index in [9.17, 15) is 4.79 Å². The summed E-state index contributed by atoms with van der Waals surface area (Å²) in [5.41, 5.74) is 10.2. The highest BCUT2D eigenvalue weighted by Crippen LogP contribution is 2.33. The lowest BCUT2D eigenvalue weighted by atomic mass is 9.91. The smallest absolute Gasteiger partial charge is 0.269 e. The fraction of sp³-hybridized carbons (Fsp3) is 0.263. The van der Waals surface area contributed by atoms with Crippen LogP contribution in [0, 0.1) is 0 Å². The Morgan fingerprint density at radius 1 is 1.12 bits per heavy atom. The summed E-state index contributed by atoms with van der Waals surface area (Å²) in [6, 6.07) is 11.9. The lowest BCUT2D eigenvalue weighted by Crippen LogP contribution is -2.29. The molecule has 25 heavy (non-hydrogen) atoms. The Kier molecular flexibility index (Phi) is 4.63. The monoisotopic (exact) mass is 369 g/mol. The van der Waals surface area contributed by atoms with Crippen LogP contribution < -0.4 is 10.9 Å². The van der Waals surface area contributed by atoms with Crippen LogP contribution in [0.3, 0.4) is 0 Å². The van der Waals surface area contributed by atoms with Crippen molar-refractivity contribution in [3.8, 4) is 0 Å². The molecule has 0 unspecified atom stereocenters. The van der Waals surface area contributed by atoms with Crippen molar-refractivity contribution >= 4 is 44.4 Å². The second-order valence-electron chi connectivity index (χ2n) is 6.08. The number of benzene rings is 2. The van der Waals surface area contributed by atoms with Gasteiger partial charge in [-0.2, -0.15) is 0 Å². The standard InChI is InChI=1S/C19H19N3OS2/c1-24-14-9-6-13(7-10-14)18(23)21-22-19-20-17-15-5-3-2-4-12(15)8-11-16(17)25-19/h6-11H,2-5H2,1H3,(H,20,22)(H,21,23). The molecule has 0 saturated heterocycles. The SMILES string of the molecule is CSc1ccc(C(=O)NNc2nc3c4c(ccc3s2)CCCC4)cc1. The quantitative estimate of drug-likeness (QED) is 0.519. The van der Waals surface area contributed by atoms with Crippen LogP contribution in [0.5, 0.6) is 0 Å². The van der Waals surface area contributed by atoms with Gasteiger partial charge in [0.15, 0.2) is 0 Å². The van der Waals surface area contributed by atoms with E-state index in [0.717, 1.165) is 28.4 Å². The van der Waals surface area contributed by atoms with E-state index in [1.165, 1.54) is 28.7 Å². The van der Waals surface area contributed by atoms with E-state index in [-0.39, 0.29) is 5.91 Å². The Hall–Kier alpha value is -2.05. The first-order valence-corrected chi connectivity index (χ1v) is 10.4. The van der Waals surface area contributed by atoms with Gasteiger partial charge in [-0.15, -0.1) is 11.8 Å². The van der Waals surface area contributed by atoms with Crippen LogP contribution in [0.2, 0.25) is 0 Å². The summed E-state index contributed by atoms with van der Waals surface area (Å²) >= 11 is 3.23. The van der Waals surface area contributed by atoms with Crippen molar-refractivity contribution < 1.29 is 4.79 Å². The number of fused-ring (bicyclic) bond motifs is 3. The number of carbonyl (C=O) groups excluding carboxylic acids is 1. The first-order valence-electron chi connectivity index (χ1n) is 8.36. The zero-order chi connectivity index (χ0) is 17.2. The van der Waals surface area contributed by atoms with Gasteiger partial charge in [-0.05, 0) is 73.4 Å². The van der Waals surface area contributed by atoms with Crippen LogP contribution in [-0.2, 0) is 12.8 Å². The number of anilines is 1. The summed E-state index contributed by atoms with van der Waals surface area (Å²) in [6.45, 7) is 0. The molecule has 2 aromatic carbocycles. The molecule has 0 bridgehead atoms. The van der Waals surface area contributed by atoms with Gasteiger partial charge < -0.3 is 0 Å². The molecule has 0 spiro atoms. The summed E-state index contributed by atoms with van der Waals surface area (Å²) < 4.78 is 1.17. The molecular weight excluding hydrogens is 350 g/mol. The van der Waals surface area contributed by atoms with E-state index in [1.54, 1.807) is 23.1 Å². The highest BCUT2D eigenvalue weighted by atomic mass is 32.2. The lowest BCUT2D eigenvalue weighted by Gasteiger charge is -2.15. The number of nitrogens with one attached hydrogen (secondary N) is 2. The maximum Gasteiger partial charge on any atom is 0.269 e. The first-order chi connectivity index (χ1) is 12.2. The second kappa shape index (κ2) is 7.06. The molecule has 0 fully saturated rings. The maximum absolute atomic E-state index is 12.3. The fourth-order valence-electron chi connectivity index (χ4n) is 3.20. The molecular formula is C19H19N3OS2. The Morgan fingerprint density at radius 3 is 2.72 bits per heavy atom. The molecule has 4 nitrogen and oxygen atoms in total. The number of hydrogen-bond acceptors (Lipinski definition) is 5. The number of rotatable bonds is 4. The van der Waals surface area contributed by atoms with Crippen LogP contribution in [0.15, 0.2) is 41.3 Å². The number of thiazole rings is 1. The average molecular weight is 370 g/mol. The van der Waals surface area contributed by atoms with Gasteiger partial charge in [0.2, 0.25) is 5.13 Å². The maximum atomic E-state index is 12.3. The molecule has 6 heteroatoms. The van der Waals surface area contributed by atoms with E-state index in [4.69, 9.17) is 4.98 Å².